The average molecular weight is 274 g/mol. The predicted molar refractivity (Wildman–Crippen MR) is 65.1 cm³/mol. The van der Waals surface area contributed by atoms with Crippen LogP contribution in [0.1, 0.15) is 51.9 Å². The van der Waals surface area contributed by atoms with E-state index in [0.29, 0.717) is 11.5 Å². The second kappa shape index (κ2) is 4.44. The number of rotatable bonds is 2. The molecule has 15 heavy (non-hydrogen) atoms. The molecule has 1 spiro atoms. The zero-order valence-corrected chi connectivity index (χ0v) is 11.0. The molecule has 0 radical (unpaired) electrons. The Balaban J connectivity index is 1.90. The third kappa shape index (κ3) is 2.22. The summed E-state index contributed by atoms with van der Waals surface area (Å²) in [6.07, 6.45) is 9.27. The maximum absolute atomic E-state index is 11.6. The Kier molecular flexibility index (Phi) is 3.39. The number of nitrogens with one attached hydrogen (secondary N) is 1. The molecule has 2 aliphatic carbocycles. The van der Waals surface area contributed by atoms with Gasteiger partial charge in [-0.3, -0.25) is 4.79 Å². The number of carbonyl (C=O) groups excluding carboxylic acids is 1. The van der Waals surface area contributed by atoms with E-state index in [4.69, 9.17) is 0 Å². The lowest BCUT2D eigenvalue weighted by Crippen LogP contribution is -2.56. The molecule has 2 saturated carbocycles. The summed E-state index contributed by atoms with van der Waals surface area (Å²) in [6, 6.07) is 0.463. The van der Waals surface area contributed by atoms with E-state index in [9.17, 15) is 4.79 Å². The molecule has 3 heteroatoms. The standard InChI is InChI=1S/C12H20BrNO/c1-9(13)11(15)14-10-5-8-12(10)6-3-2-4-7-12/h9-10H,2-8H2,1H3,(H,14,15). The van der Waals surface area contributed by atoms with E-state index in [0.717, 1.165) is 0 Å². The van der Waals surface area contributed by atoms with Gasteiger partial charge in [0, 0.05) is 6.04 Å². The topological polar surface area (TPSA) is 29.1 Å². The molecular weight excluding hydrogens is 254 g/mol. The van der Waals surface area contributed by atoms with Crippen LogP contribution in [-0.4, -0.2) is 16.8 Å². The maximum Gasteiger partial charge on any atom is 0.233 e. The molecule has 2 atom stereocenters. The molecule has 2 unspecified atom stereocenters. The summed E-state index contributed by atoms with van der Waals surface area (Å²) in [7, 11) is 0. The molecule has 86 valence electrons. The van der Waals surface area contributed by atoms with Gasteiger partial charge in [-0.15, -0.1) is 0 Å². The third-order valence-electron chi connectivity index (χ3n) is 4.20. The number of carbonyl (C=O) groups is 1. The van der Waals surface area contributed by atoms with Crippen molar-refractivity contribution < 1.29 is 4.79 Å². The van der Waals surface area contributed by atoms with Crippen molar-refractivity contribution in [2.45, 2.75) is 62.7 Å². The number of amides is 1. The fraction of sp³-hybridized carbons (Fsp3) is 0.917. The van der Waals surface area contributed by atoms with Gasteiger partial charge in [0.1, 0.15) is 0 Å². The van der Waals surface area contributed by atoms with Crippen LogP contribution in [0.3, 0.4) is 0 Å². The van der Waals surface area contributed by atoms with E-state index in [2.05, 4.69) is 21.2 Å². The van der Waals surface area contributed by atoms with Crippen LogP contribution >= 0.6 is 15.9 Å². The highest BCUT2D eigenvalue weighted by atomic mass is 79.9. The number of alkyl halides is 1. The Bertz CT molecular complexity index is 246. The van der Waals surface area contributed by atoms with Gasteiger partial charge in [0.15, 0.2) is 0 Å². The van der Waals surface area contributed by atoms with Crippen molar-refractivity contribution >= 4 is 21.8 Å². The van der Waals surface area contributed by atoms with Gasteiger partial charge in [0.2, 0.25) is 5.91 Å². The van der Waals surface area contributed by atoms with Crippen LogP contribution in [0.15, 0.2) is 0 Å². The zero-order valence-electron chi connectivity index (χ0n) is 9.39. The molecule has 2 aliphatic rings. The minimum atomic E-state index is -0.0567. The van der Waals surface area contributed by atoms with Crippen molar-refractivity contribution in [3.63, 3.8) is 0 Å². The van der Waals surface area contributed by atoms with E-state index in [-0.39, 0.29) is 10.7 Å². The highest BCUT2D eigenvalue weighted by Crippen LogP contribution is 2.51. The SMILES string of the molecule is CC(Br)C(=O)NC1CCC12CCCCC2. The highest BCUT2D eigenvalue weighted by molar-refractivity contribution is 9.10. The first-order valence-corrected chi connectivity index (χ1v) is 7.00. The lowest BCUT2D eigenvalue weighted by atomic mass is 9.57. The van der Waals surface area contributed by atoms with Gasteiger partial charge in [-0.25, -0.2) is 0 Å². The second-order valence-corrected chi connectivity index (χ2v) is 6.51. The van der Waals surface area contributed by atoms with Crippen molar-refractivity contribution in [1.29, 1.82) is 0 Å². The molecule has 0 aromatic carbocycles. The number of hydrogen-bond donors (Lipinski definition) is 1. The molecule has 0 bridgehead atoms. The highest BCUT2D eigenvalue weighted by Gasteiger charge is 2.47. The van der Waals surface area contributed by atoms with Gasteiger partial charge in [-0.05, 0) is 38.0 Å². The summed E-state index contributed by atoms with van der Waals surface area (Å²) >= 11 is 3.32. The van der Waals surface area contributed by atoms with E-state index in [1.165, 1.54) is 44.9 Å². The summed E-state index contributed by atoms with van der Waals surface area (Å²) in [6.45, 7) is 1.89. The van der Waals surface area contributed by atoms with Crippen molar-refractivity contribution in [2.24, 2.45) is 5.41 Å². The Morgan fingerprint density at radius 1 is 1.33 bits per heavy atom. The van der Waals surface area contributed by atoms with Gasteiger partial charge in [0.25, 0.3) is 0 Å². The van der Waals surface area contributed by atoms with Crippen LogP contribution in [0.2, 0.25) is 0 Å². The normalized spacial score (nSPS) is 30.7. The van der Waals surface area contributed by atoms with Crippen LogP contribution < -0.4 is 5.32 Å². The molecule has 1 N–H and O–H groups in total. The molecule has 0 aromatic rings. The first-order chi connectivity index (χ1) is 7.14. The molecule has 0 heterocycles. The summed E-state index contributed by atoms with van der Waals surface area (Å²) in [4.78, 5) is 11.6. The van der Waals surface area contributed by atoms with Crippen LogP contribution in [0.25, 0.3) is 0 Å². The summed E-state index contributed by atoms with van der Waals surface area (Å²) < 4.78 is 0. The molecule has 2 rings (SSSR count). The fourth-order valence-electron chi connectivity index (χ4n) is 3.06. The summed E-state index contributed by atoms with van der Waals surface area (Å²) in [5.41, 5.74) is 0.482. The lowest BCUT2D eigenvalue weighted by molar-refractivity contribution is -0.124. The zero-order chi connectivity index (χ0) is 10.9. The van der Waals surface area contributed by atoms with Crippen molar-refractivity contribution in [1.82, 2.24) is 5.32 Å². The molecule has 0 saturated heterocycles. The van der Waals surface area contributed by atoms with Gasteiger partial charge in [-0.2, -0.15) is 0 Å². The molecule has 2 nitrogen and oxygen atoms in total. The minimum Gasteiger partial charge on any atom is -0.352 e. The largest absolute Gasteiger partial charge is 0.352 e. The fourth-order valence-corrected chi connectivity index (χ4v) is 3.20. The van der Waals surface area contributed by atoms with E-state index >= 15 is 0 Å². The Labute approximate surface area is 100 Å². The Hall–Kier alpha value is -0.0500. The van der Waals surface area contributed by atoms with Gasteiger partial charge < -0.3 is 5.32 Å². The number of hydrogen-bond acceptors (Lipinski definition) is 1. The molecular formula is C12H20BrNO. The third-order valence-corrected chi connectivity index (χ3v) is 4.61. The number of halogens is 1. The van der Waals surface area contributed by atoms with E-state index < -0.39 is 0 Å². The van der Waals surface area contributed by atoms with Gasteiger partial charge in [0.05, 0.1) is 4.83 Å². The van der Waals surface area contributed by atoms with Crippen molar-refractivity contribution in [3.05, 3.63) is 0 Å². The molecule has 0 aliphatic heterocycles. The first-order valence-electron chi connectivity index (χ1n) is 6.08. The minimum absolute atomic E-state index is 0.0567. The van der Waals surface area contributed by atoms with E-state index in [1.54, 1.807) is 0 Å². The van der Waals surface area contributed by atoms with Crippen LogP contribution in [0.5, 0.6) is 0 Å². The van der Waals surface area contributed by atoms with Crippen LogP contribution in [0, 0.1) is 5.41 Å². The van der Waals surface area contributed by atoms with Gasteiger partial charge >= 0.3 is 0 Å². The predicted octanol–water partition coefficient (Wildman–Crippen LogP) is 3.00. The molecule has 2 fully saturated rings. The second-order valence-electron chi connectivity index (χ2n) is 5.14. The van der Waals surface area contributed by atoms with Crippen LogP contribution in [-0.2, 0) is 4.79 Å². The summed E-state index contributed by atoms with van der Waals surface area (Å²) in [5, 5.41) is 3.19. The van der Waals surface area contributed by atoms with Crippen molar-refractivity contribution in [2.75, 3.05) is 0 Å². The van der Waals surface area contributed by atoms with Gasteiger partial charge in [-0.1, -0.05) is 35.2 Å². The molecule has 0 aromatic heterocycles. The van der Waals surface area contributed by atoms with Crippen molar-refractivity contribution in [3.8, 4) is 0 Å². The Morgan fingerprint density at radius 3 is 2.47 bits per heavy atom. The monoisotopic (exact) mass is 273 g/mol. The Morgan fingerprint density at radius 2 is 2.00 bits per heavy atom. The lowest BCUT2D eigenvalue weighted by Gasteiger charge is -2.52. The average Bonchev–Trinajstić information content (AvgIpc) is 2.25. The first kappa shape index (κ1) is 11.4. The van der Waals surface area contributed by atoms with Crippen LogP contribution in [0.4, 0.5) is 0 Å². The molecule has 1 amide bonds. The van der Waals surface area contributed by atoms with E-state index in [1.807, 2.05) is 6.92 Å². The maximum atomic E-state index is 11.6. The smallest absolute Gasteiger partial charge is 0.233 e. The summed E-state index contributed by atoms with van der Waals surface area (Å²) in [5.74, 6) is 0.157. The quantitative estimate of drug-likeness (QED) is 0.770.